The minimum Gasteiger partial charge on any atom is -0.303 e. The number of carbonyl (C=O) groups excluding carboxylic acids is 1. The highest BCUT2D eigenvalue weighted by molar-refractivity contribution is 6.30. The average Bonchev–Trinajstić information content (AvgIpc) is 2.24. The average molecular weight is 224 g/mol. The summed E-state index contributed by atoms with van der Waals surface area (Å²) in [5, 5.41) is 0.749. The van der Waals surface area contributed by atoms with E-state index in [4.69, 9.17) is 11.6 Å². The highest BCUT2D eigenvalue weighted by Gasteiger charge is 2.06. The summed E-state index contributed by atoms with van der Waals surface area (Å²) in [6.07, 6.45) is 5.86. The Morgan fingerprint density at radius 1 is 1.47 bits per heavy atom. The molecule has 0 aromatic heterocycles. The van der Waals surface area contributed by atoms with E-state index in [1.807, 2.05) is 24.3 Å². The SMILES string of the molecule is CCCC([CH]Cc1cccc(Cl)c1)C=O. The molecule has 0 bridgehead atoms. The van der Waals surface area contributed by atoms with Crippen LogP contribution in [-0.4, -0.2) is 6.29 Å². The highest BCUT2D eigenvalue weighted by atomic mass is 35.5. The largest absolute Gasteiger partial charge is 0.303 e. The maximum atomic E-state index is 10.7. The Morgan fingerprint density at radius 3 is 2.87 bits per heavy atom. The van der Waals surface area contributed by atoms with Crippen LogP contribution in [-0.2, 0) is 11.2 Å². The van der Waals surface area contributed by atoms with Gasteiger partial charge in [0.25, 0.3) is 0 Å². The minimum absolute atomic E-state index is 0.0778. The summed E-state index contributed by atoms with van der Waals surface area (Å²) in [6, 6.07) is 7.75. The number of benzene rings is 1. The molecule has 2 heteroatoms. The number of aldehydes is 1. The molecule has 0 fully saturated rings. The van der Waals surface area contributed by atoms with E-state index in [2.05, 4.69) is 13.3 Å². The second-order valence-corrected chi connectivity index (χ2v) is 4.09. The van der Waals surface area contributed by atoms with Crippen molar-refractivity contribution in [1.29, 1.82) is 0 Å². The summed E-state index contributed by atoms with van der Waals surface area (Å²) < 4.78 is 0. The summed E-state index contributed by atoms with van der Waals surface area (Å²) >= 11 is 5.87. The Balaban J connectivity index is 2.45. The van der Waals surface area contributed by atoms with E-state index in [9.17, 15) is 4.79 Å². The molecule has 0 N–H and O–H groups in total. The first kappa shape index (κ1) is 12.3. The molecule has 15 heavy (non-hydrogen) atoms. The van der Waals surface area contributed by atoms with Crippen LogP contribution in [0.4, 0.5) is 0 Å². The Kier molecular flexibility index (Phi) is 5.41. The van der Waals surface area contributed by atoms with Crippen LogP contribution in [0, 0.1) is 12.3 Å². The summed E-state index contributed by atoms with van der Waals surface area (Å²) in [7, 11) is 0. The lowest BCUT2D eigenvalue weighted by Crippen LogP contribution is -2.04. The van der Waals surface area contributed by atoms with Crippen LogP contribution in [0.2, 0.25) is 5.02 Å². The van der Waals surface area contributed by atoms with Crippen molar-refractivity contribution in [3.05, 3.63) is 41.3 Å². The molecule has 1 rings (SSSR count). The van der Waals surface area contributed by atoms with Crippen molar-refractivity contribution in [3.8, 4) is 0 Å². The van der Waals surface area contributed by atoms with E-state index >= 15 is 0 Å². The van der Waals surface area contributed by atoms with Gasteiger partial charge in [-0.25, -0.2) is 0 Å². The van der Waals surface area contributed by atoms with Gasteiger partial charge in [0, 0.05) is 10.9 Å². The molecule has 1 aromatic carbocycles. The van der Waals surface area contributed by atoms with Crippen LogP contribution in [0.15, 0.2) is 24.3 Å². The van der Waals surface area contributed by atoms with Crippen molar-refractivity contribution in [1.82, 2.24) is 0 Å². The Bertz CT molecular complexity index is 309. The molecule has 0 amide bonds. The zero-order chi connectivity index (χ0) is 11.1. The number of carbonyl (C=O) groups is 1. The maximum Gasteiger partial charge on any atom is 0.123 e. The lowest BCUT2D eigenvalue weighted by atomic mass is 9.97. The van der Waals surface area contributed by atoms with Crippen molar-refractivity contribution in [2.24, 2.45) is 5.92 Å². The van der Waals surface area contributed by atoms with Crippen molar-refractivity contribution in [2.75, 3.05) is 0 Å². The summed E-state index contributed by atoms with van der Waals surface area (Å²) in [5.74, 6) is 0.0778. The topological polar surface area (TPSA) is 17.1 Å². The van der Waals surface area contributed by atoms with E-state index in [0.29, 0.717) is 0 Å². The predicted octanol–water partition coefficient (Wildman–Crippen LogP) is 3.70. The fourth-order valence-corrected chi connectivity index (χ4v) is 1.74. The first-order chi connectivity index (χ1) is 7.26. The molecule has 1 nitrogen and oxygen atoms in total. The number of halogens is 1. The van der Waals surface area contributed by atoms with E-state index in [1.165, 1.54) is 0 Å². The molecule has 1 atom stereocenters. The normalized spacial score (nSPS) is 12.4. The summed E-state index contributed by atoms with van der Waals surface area (Å²) in [5.41, 5.74) is 1.16. The molecule has 1 unspecified atom stereocenters. The van der Waals surface area contributed by atoms with E-state index < -0.39 is 0 Å². The van der Waals surface area contributed by atoms with Crippen LogP contribution in [0.25, 0.3) is 0 Å². The van der Waals surface area contributed by atoms with Gasteiger partial charge < -0.3 is 4.79 Å². The van der Waals surface area contributed by atoms with Crippen LogP contribution >= 0.6 is 11.6 Å². The van der Waals surface area contributed by atoms with Crippen molar-refractivity contribution in [3.63, 3.8) is 0 Å². The van der Waals surface area contributed by atoms with Gasteiger partial charge in [0.2, 0.25) is 0 Å². The maximum absolute atomic E-state index is 10.7. The van der Waals surface area contributed by atoms with Crippen molar-refractivity contribution >= 4 is 17.9 Å². The van der Waals surface area contributed by atoms with Crippen LogP contribution in [0.3, 0.4) is 0 Å². The van der Waals surface area contributed by atoms with Gasteiger partial charge in [-0.3, -0.25) is 0 Å². The van der Waals surface area contributed by atoms with Gasteiger partial charge in [0.05, 0.1) is 0 Å². The number of hydrogen-bond donors (Lipinski definition) is 0. The molecular formula is C13H16ClO. The fraction of sp³-hybridized carbons (Fsp3) is 0.385. The van der Waals surface area contributed by atoms with Crippen LogP contribution in [0.1, 0.15) is 25.3 Å². The second-order valence-electron chi connectivity index (χ2n) is 3.66. The second kappa shape index (κ2) is 6.62. The fourth-order valence-electron chi connectivity index (χ4n) is 1.53. The van der Waals surface area contributed by atoms with E-state index in [1.54, 1.807) is 0 Å². The molecule has 0 spiro atoms. The van der Waals surface area contributed by atoms with Crippen molar-refractivity contribution in [2.45, 2.75) is 26.2 Å². The molecule has 0 aliphatic carbocycles. The zero-order valence-corrected chi connectivity index (χ0v) is 9.70. The Morgan fingerprint density at radius 2 is 2.27 bits per heavy atom. The summed E-state index contributed by atoms with van der Waals surface area (Å²) in [6.45, 7) is 2.09. The number of hydrogen-bond acceptors (Lipinski definition) is 1. The molecular weight excluding hydrogens is 208 g/mol. The molecule has 0 aliphatic rings. The molecule has 0 saturated carbocycles. The molecule has 0 saturated heterocycles. The quantitative estimate of drug-likeness (QED) is 0.672. The standard InChI is InChI=1S/C13H16ClO/c1-2-4-12(10-15)8-7-11-5-3-6-13(14)9-11/h3,5-6,8-10,12H,2,4,7H2,1H3. The van der Waals surface area contributed by atoms with Crippen LogP contribution < -0.4 is 0 Å². The monoisotopic (exact) mass is 223 g/mol. The minimum atomic E-state index is 0.0778. The third-order valence-corrected chi connectivity index (χ3v) is 2.58. The van der Waals surface area contributed by atoms with Gasteiger partial charge in [0.15, 0.2) is 0 Å². The third-order valence-electron chi connectivity index (χ3n) is 2.34. The highest BCUT2D eigenvalue weighted by Crippen LogP contribution is 2.15. The van der Waals surface area contributed by atoms with Gasteiger partial charge in [-0.2, -0.15) is 0 Å². The van der Waals surface area contributed by atoms with Gasteiger partial charge in [-0.1, -0.05) is 37.1 Å². The molecule has 81 valence electrons. The van der Waals surface area contributed by atoms with Crippen molar-refractivity contribution < 1.29 is 4.79 Å². The molecule has 0 aliphatic heterocycles. The molecule has 0 heterocycles. The van der Waals surface area contributed by atoms with Gasteiger partial charge >= 0.3 is 0 Å². The third kappa shape index (κ3) is 4.48. The smallest absolute Gasteiger partial charge is 0.123 e. The zero-order valence-electron chi connectivity index (χ0n) is 8.95. The van der Waals surface area contributed by atoms with E-state index in [-0.39, 0.29) is 5.92 Å². The van der Waals surface area contributed by atoms with E-state index in [0.717, 1.165) is 36.1 Å². The first-order valence-corrected chi connectivity index (χ1v) is 5.67. The number of rotatable bonds is 6. The molecule has 1 radical (unpaired) electrons. The lowest BCUT2D eigenvalue weighted by molar-refractivity contribution is -0.110. The van der Waals surface area contributed by atoms with Gasteiger partial charge in [-0.05, 0) is 37.0 Å². The Labute approximate surface area is 96.5 Å². The van der Waals surface area contributed by atoms with Crippen LogP contribution in [0.5, 0.6) is 0 Å². The Hall–Kier alpha value is -0.820. The summed E-state index contributed by atoms with van der Waals surface area (Å²) in [4.78, 5) is 10.7. The first-order valence-electron chi connectivity index (χ1n) is 5.29. The van der Waals surface area contributed by atoms with Gasteiger partial charge in [-0.15, -0.1) is 0 Å². The molecule has 1 aromatic rings. The lowest BCUT2D eigenvalue weighted by Gasteiger charge is -2.08. The van der Waals surface area contributed by atoms with Gasteiger partial charge in [0.1, 0.15) is 6.29 Å². The predicted molar refractivity (Wildman–Crippen MR) is 63.9 cm³/mol.